The molecule has 1 aromatic carbocycles. The van der Waals surface area contributed by atoms with Crippen LogP contribution in [0.2, 0.25) is 0 Å². The van der Waals surface area contributed by atoms with Gasteiger partial charge in [-0.25, -0.2) is 0 Å². The lowest BCUT2D eigenvalue weighted by Gasteiger charge is -2.19. The van der Waals surface area contributed by atoms with Crippen LogP contribution in [0.15, 0.2) is 18.2 Å². The molecule has 0 spiro atoms. The van der Waals surface area contributed by atoms with Crippen molar-refractivity contribution in [3.63, 3.8) is 0 Å². The van der Waals surface area contributed by atoms with Crippen LogP contribution in [0, 0.1) is 17.0 Å². The van der Waals surface area contributed by atoms with E-state index in [-0.39, 0.29) is 23.8 Å². The van der Waals surface area contributed by atoms with Crippen LogP contribution >= 0.6 is 0 Å². The number of carbonyl (C=O) groups excluding carboxylic acids is 3. The second kappa shape index (κ2) is 8.93. The SMILES string of the molecule is Cc1ccc(NC(=O)COC(=O)CN2CCCCCC2=O)c([N+](=O)[O-])c1. The van der Waals surface area contributed by atoms with Crippen molar-refractivity contribution < 1.29 is 24.0 Å². The minimum absolute atomic E-state index is 0.0318. The highest BCUT2D eigenvalue weighted by Crippen LogP contribution is 2.25. The van der Waals surface area contributed by atoms with Gasteiger partial charge in [-0.05, 0) is 31.4 Å². The van der Waals surface area contributed by atoms with Gasteiger partial charge in [-0.2, -0.15) is 0 Å². The number of nitrogens with one attached hydrogen (secondary N) is 1. The number of benzene rings is 1. The molecule has 1 aliphatic rings. The predicted octanol–water partition coefficient (Wildman–Crippen LogP) is 1.79. The second-order valence-corrected chi connectivity index (χ2v) is 6.11. The van der Waals surface area contributed by atoms with Gasteiger partial charge in [0.05, 0.1) is 4.92 Å². The summed E-state index contributed by atoms with van der Waals surface area (Å²) in [6.45, 7) is 1.42. The fourth-order valence-corrected chi connectivity index (χ4v) is 2.64. The standard InChI is InChI=1S/C17H21N3O6/c1-12-6-7-13(14(9-12)20(24)25)18-15(21)11-26-17(23)10-19-8-4-2-3-5-16(19)22/h6-7,9H,2-5,8,10-11H2,1H3,(H,18,21). The van der Waals surface area contributed by atoms with Crippen molar-refractivity contribution in [1.29, 1.82) is 0 Å². The highest BCUT2D eigenvalue weighted by atomic mass is 16.6. The van der Waals surface area contributed by atoms with Gasteiger partial charge in [0.1, 0.15) is 12.2 Å². The molecule has 0 aliphatic carbocycles. The van der Waals surface area contributed by atoms with Gasteiger partial charge in [0.25, 0.3) is 11.6 Å². The molecule has 1 aromatic rings. The van der Waals surface area contributed by atoms with Crippen molar-refractivity contribution in [2.45, 2.75) is 32.6 Å². The summed E-state index contributed by atoms with van der Waals surface area (Å²) >= 11 is 0. The molecule has 0 radical (unpaired) electrons. The van der Waals surface area contributed by atoms with E-state index in [0.29, 0.717) is 18.5 Å². The van der Waals surface area contributed by atoms with Gasteiger partial charge in [0.15, 0.2) is 6.61 Å². The van der Waals surface area contributed by atoms with Crippen LogP contribution < -0.4 is 5.32 Å². The molecule has 0 unspecified atom stereocenters. The molecule has 1 heterocycles. The third kappa shape index (κ3) is 5.54. The smallest absolute Gasteiger partial charge is 0.326 e. The largest absolute Gasteiger partial charge is 0.454 e. The summed E-state index contributed by atoms with van der Waals surface area (Å²) in [7, 11) is 0. The first-order chi connectivity index (χ1) is 12.4. The Labute approximate surface area is 150 Å². The number of nitrogens with zero attached hydrogens (tertiary/aromatic N) is 2. The summed E-state index contributed by atoms with van der Waals surface area (Å²) < 4.78 is 4.88. The minimum atomic E-state index is -0.688. The van der Waals surface area contributed by atoms with Crippen LogP contribution in [0.4, 0.5) is 11.4 Å². The maximum absolute atomic E-state index is 11.9. The highest BCUT2D eigenvalue weighted by molar-refractivity contribution is 5.95. The average molecular weight is 363 g/mol. The van der Waals surface area contributed by atoms with Crippen LogP contribution in [0.1, 0.15) is 31.2 Å². The zero-order chi connectivity index (χ0) is 19.1. The molecule has 1 N–H and O–H groups in total. The lowest BCUT2D eigenvalue weighted by atomic mass is 10.2. The summed E-state index contributed by atoms with van der Waals surface area (Å²) in [5, 5.41) is 13.4. The number of likely N-dealkylation sites (tertiary alicyclic amines) is 1. The van der Waals surface area contributed by atoms with Gasteiger partial charge >= 0.3 is 5.97 Å². The first-order valence-corrected chi connectivity index (χ1v) is 8.35. The van der Waals surface area contributed by atoms with Gasteiger partial charge in [0, 0.05) is 19.0 Å². The van der Waals surface area contributed by atoms with E-state index >= 15 is 0 Å². The van der Waals surface area contributed by atoms with Crippen LogP contribution in [-0.4, -0.2) is 47.3 Å². The van der Waals surface area contributed by atoms with Gasteiger partial charge in [-0.15, -0.1) is 0 Å². The van der Waals surface area contributed by atoms with Gasteiger partial charge in [-0.3, -0.25) is 24.5 Å². The fourth-order valence-electron chi connectivity index (χ4n) is 2.64. The third-order valence-electron chi connectivity index (χ3n) is 3.98. The van der Waals surface area contributed by atoms with E-state index in [1.54, 1.807) is 13.0 Å². The topological polar surface area (TPSA) is 119 Å². The molecule has 0 saturated carbocycles. The monoisotopic (exact) mass is 363 g/mol. The zero-order valence-corrected chi connectivity index (χ0v) is 14.5. The third-order valence-corrected chi connectivity index (χ3v) is 3.98. The van der Waals surface area contributed by atoms with E-state index in [0.717, 1.165) is 19.3 Å². The van der Waals surface area contributed by atoms with E-state index in [1.165, 1.54) is 17.0 Å². The zero-order valence-electron chi connectivity index (χ0n) is 14.5. The molecular weight excluding hydrogens is 342 g/mol. The number of anilines is 1. The van der Waals surface area contributed by atoms with Gasteiger partial charge in [-0.1, -0.05) is 12.5 Å². The summed E-state index contributed by atoms with van der Waals surface area (Å²) in [5.41, 5.74) is 0.479. The van der Waals surface area contributed by atoms with Crippen molar-refractivity contribution in [3.8, 4) is 0 Å². The molecule has 9 heteroatoms. The number of hydrogen-bond acceptors (Lipinski definition) is 6. The maximum atomic E-state index is 11.9. The molecule has 140 valence electrons. The van der Waals surface area contributed by atoms with E-state index in [1.807, 2.05) is 0 Å². The lowest BCUT2D eigenvalue weighted by molar-refractivity contribution is -0.384. The van der Waals surface area contributed by atoms with E-state index in [4.69, 9.17) is 4.74 Å². The van der Waals surface area contributed by atoms with Crippen LogP contribution in [0.25, 0.3) is 0 Å². The Balaban J connectivity index is 1.86. The normalized spacial score (nSPS) is 14.5. The molecule has 26 heavy (non-hydrogen) atoms. The molecule has 1 saturated heterocycles. The highest BCUT2D eigenvalue weighted by Gasteiger charge is 2.21. The number of rotatable bonds is 6. The summed E-state index contributed by atoms with van der Waals surface area (Å²) in [6, 6.07) is 4.38. The Morgan fingerprint density at radius 2 is 2.08 bits per heavy atom. The maximum Gasteiger partial charge on any atom is 0.326 e. The molecule has 2 amide bonds. The molecule has 0 atom stereocenters. The number of hydrogen-bond donors (Lipinski definition) is 1. The molecule has 9 nitrogen and oxygen atoms in total. The molecule has 0 aromatic heterocycles. The number of esters is 1. The minimum Gasteiger partial charge on any atom is -0.454 e. The summed E-state index contributed by atoms with van der Waals surface area (Å²) in [6.07, 6.45) is 2.98. The van der Waals surface area contributed by atoms with Crippen molar-refractivity contribution >= 4 is 29.2 Å². The summed E-state index contributed by atoms with van der Waals surface area (Å²) in [5.74, 6) is -1.47. The fraction of sp³-hybridized carbons (Fsp3) is 0.471. The van der Waals surface area contributed by atoms with Crippen LogP contribution in [0.3, 0.4) is 0 Å². The Morgan fingerprint density at radius 3 is 2.81 bits per heavy atom. The van der Waals surface area contributed by atoms with Crippen molar-refractivity contribution in [2.24, 2.45) is 0 Å². The van der Waals surface area contributed by atoms with Crippen molar-refractivity contribution in [3.05, 3.63) is 33.9 Å². The molecular formula is C17H21N3O6. The van der Waals surface area contributed by atoms with E-state index < -0.39 is 23.4 Å². The second-order valence-electron chi connectivity index (χ2n) is 6.11. The van der Waals surface area contributed by atoms with Gasteiger partial charge < -0.3 is 15.0 Å². The average Bonchev–Trinajstić information content (AvgIpc) is 2.79. The predicted molar refractivity (Wildman–Crippen MR) is 92.5 cm³/mol. The number of ether oxygens (including phenoxy) is 1. The molecule has 1 fully saturated rings. The Morgan fingerprint density at radius 1 is 1.31 bits per heavy atom. The van der Waals surface area contributed by atoms with E-state index in [9.17, 15) is 24.5 Å². The Bertz CT molecular complexity index is 718. The first kappa shape index (κ1) is 19.4. The number of carbonyl (C=O) groups is 3. The lowest BCUT2D eigenvalue weighted by Crippen LogP contribution is -2.36. The van der Waals surface area contributed by atoms with Crippen molar-refractivity contribution in [2.75, 3.05) is 25.0 Å². The van der Waals surface area contributed by atoms with E-state index in [2.05, 4.69) is 5.32 Å². The number of nitro benzene ring substituents is 1. The first-order valence-electron chi connectivity index (χ1n) is 8.35. The molecule has 1 aliphatic heterocycles. The van der Waals surface area contributed by atoms with Crippen molar-refractivity contribution in [1.82, 2.24) is 4.90 Å². The number of aryl methyl sites for hydroxylation is 1. The van der Waals surface area contributed by atoms with Crippen LogP contribution in [-0.2, 0) is 19.1 Å². The number of nitro groups is 1. The summed E-state index contributed by atoms with van der Waals surface area (Å²) in [4.78, 5) is 47.4. The van der Waals surface area contributed by atoms with Crippen LogP contribution in [0.5, 0.6) is 0 Å². The quantitative estimate of drug-likeness (QED) is 0.467. The molecule has 2 rings (SSSR count). The number of amides is 2. The Kier molecular flexibility index (Phi) is 6.65. The van der Waals surface area contributed by atoms with Gasteiger partial charge in [0.2, 0.25) is 5.91 Å². The Hall–Kier alpha value is -2.97. The molecule has 0 bridgehead atoms.